The number of hydrogen-bond donors (Lipinski definition) is 1. The van der Waals surface area contributed by atoms with Crippen molar-refractivity contribution >= 4 is 0 Å². The predicted molar refractivity (Wildman–Crippen MR) is 78.5 cm³/mol. The first-order valence-electron chi connectivity index (χ1n) is 8.35. The molecule has 0 bridgehead atoms. The van der Waals surface area contributed by atoms with Crippen molar-refractivity contribution in [2.24, 2.45) is 0 Å². The van der Waals surface area contributed by atoms with Crippen molar-refractivity contribution in [2.45, 2.75) is 83.0 Å². The Kier molecular flexibility index (Phi) is 7.18. The predicted octanol–water partition coefficient (Wildman–Crippen LogP) is 3.27. The van der Waals surface area contributed by atoms with Crippen molar-refractivity contribution in [3.05, 3.63) is 0 Å². The Hall–Kier alpha value is -0.120. The summed E-state index contributed by atoms with van der Waals surface area (Å²) >= 11 is 0. The van der Waals surface area contributed by atoms with Crippen LogP contribution in [0.3, 0.4) is 0 Å². The summed E-state index contributed by atoms with van der Waals surface area (Å²) in [5, 5.41) is 3.66. The summed E-state index contributed by atoms with van der Waals surface area (Å²) in [6.45, 7) is 5.16. The molecule has 0 radical (unpaired) electrons. The Balaban J connectivity index is 1.47. The third-order valence-corrected chi connectivity index (χ3v) is 4.48. The highest BCUT2D eigenvalue weighted by molar-refractivity contribution is 4.76. The molecule has 0 aromatic heterocycles. The van der Waals surface area contributed by atoms with Crippen molar-refractivity contribution in [1.82, 2.24) is 5.32 Å². The van der Waals surface area contributed by atoms with Crippen molar-refractivity contribution in [2.75, 3.05) is 19.8 Å². The third kappa shape index (κ3) is 5.80. The van der Waals surface area contributed by atoms with Crippen LogP contribution in [0, 0.1) is 0 Å². The number of nitrogens with one attached hydrogen (secondary N) is 1. The first-order valence-corrected chi connectivity index (χ1v) is 8.35. The molecule has 1 aliphatic carbocycles. The largest absolute Gasteiger partial charge is 0.378 e. The second kappa shape index (κ2) is 8.93. The maximum Gasteiger partial charge on any atom is 0.0587 e. The van der Waals surface area contributed by atoms with Gasteiger partial charge in [-0.2, -0.15) is 0 Å². The molecule has 3 heteroatoms. The van der Waals surface area contributed by atoms with Crippen molar-refractivity contribution in [1.29, 1.82) is 0 Å². The molecule has 2 unspecified atom stereocenters. The van der Waals surface area contributed by atoms with E-state index in [0.29, 0.717) is 18.2 Å². The van der Waals surface area contributed by atoms with Gasteiger partial charge in [-0.05, 0) is 45.1 Å². The van der Waals surface area contributed by atoms with Crippen LogP contribution in [-0.2, 0) is 9.47 Å². The Morgan fingerprint density at radius 2 is 2.00 bits per heavy atom. The molecule has 2 rings (SSSR count). The zero-order valence-corrected chi connectivity index (χ0v) is 12.5. The van der Waals surface area contributed by atoms with Gasteiger partial charge in [0.2, 0.25) is 0 Å². The summed E-state index contributed by atoms with van der Waals surface area (Å²) in [5.41, 5.74) is 0. The molecule has 3 nitrogen and oxygen atoms in total. The van der Waals surface area contributed by atoms with Gasteiger partial charge >= 0.3 is 0 Å². The highest BCUT2D eigenvalue weighted by atomic mass is 16.5. The van der Waals surface area contributed by atoms with Crippen LogP contribution in [0.5, 0.6) is 0 Å². The molecule has 1 saturated heterocycles. The van der Waals surface area contributed by atoms with Crippen LogP contribution < -0.4 is 5.32 Å². The molecule has 2 aliphatic rings. The first kappa shape index (κ1) is 15.3. The highest BCUT2D eigenvalue weighted by Gasteiger charge is 2.20. The van der Waals surface area contributed by atoms with Gasteiger partial charge in [0.1, 0.15) is 0 Å². The van der Waals surface area contributed by atoms with E-state index in [9.17, 15) is 0 Å². The molecule has 112 valence electrons. The summed E-state index contributed by atoms with van der Waals surface area (Å²) in [7, 11) is 0. The van der Waals surface area contributed by atoms with Crippen molar-refractivity contribution in [3.8, 4) is 0 Å². The summed E-state index contributed by atoms with van der Waals surface area (Å²) in [5.74, 6) is 0. The summed E-state index contributed by atoms with van der Waals surface area (Å²) in [4.78, 5) is 0. The minimum absolute atomic E-state index is 0.477. The standard InChI is InChI=1S/C16H31NO2/c1-2-15-13-14(9-12-19-15)17-10-6-11-18-16-7-4-3-5-8-16/h14-17H,2-13H2,1H3. The maximum absolute atomic E-state index is 5.95. The second-order valence-corrected chi connectivity index (χ2v) is 6.06. The van der Waals surface area contributed by atoms with E-state index in [1.54, 1.807) is 0 Å². The zero-order valence-electron chi connectivity index (χ0n) is 12.5. The number of rotatable bonds is 7. The third-order valence-electron chi connectivity index (χ3n) is 4.48. The van der Waals surface area contributed by atoms with E-state index in [2.05, 4.69) is 12.2 Å². The zero-order chi connectivity index (χ0) is 13.3. The Labute approximate surface area is 118 Å². The molecule has 2 atom stereocenters. The van der Waals surface area contributed by atoms with Crippen LogP contribution in [0.2, 0.25) is 0 Å². The van der Waals surface area contributed by atoms with E-state index in [4.69, 9.17) is 9.47 Å². The van der Waals surface area contributed by atoms with Crippen LogP contribution in [0.25, 0.3) is 0 Å². The van der Waals surface area contributed by atoms with Gasteiger partial charge in [0.15, 0.2) is 0 Å². The minimum atomic E-state index is 0.477. The summed E-state index contributed by atoms with van der Waals surface area (Å²) in [6, 6.07) is 0.661. The van der Waals surface area contributed by atoms with Gasteiger partial charge in [0.25, 0.3) is 0 Å². The van der Waals surface area contributed by atoms with Crippen molar-refractivity contribution < 1.29 is 9.47 Å². The molecule has 1 N–H and O–H groups in total. The molecule has 0 spiro atoms. The molecule has 1 aliphatic heterocycles. The Morgan fingerprint density at radius 3 is 2.79 bits per heavy atom. The monoisotopic (exact) mass is 269 g/mol. The van der Waals surface area contributed by atoms with Crippen LogP contribution in [0.4, 0.5) is 0 Å². The highest BCUT2D eigenvalue weighted by Crippen LogP contribution is 2.20. The molecule has 1 saturated carbocycles. The fourth-order valence-electron chi connectivity index (χ4n) is 3.21. The molecule has 0 amide bonds. The van der Waals surface area contributed by atoms with Crippen LogP contribution >= 0.6 is 0 Å². The molecule has 1 heterocycles. The van der Waals surface area contributed by atoms with Gasteiger partial charge < -0.3 is 14.8 Å². The molecular formula is C16H31NO2. The minimum Gasteiger partial charge on any atom is -0.378 e. The first-order chi connectivity index (χ1) is 9.38. The van der Waals surface area contributed by atoms with Crippen LogP contribution in [0.15, 0.2) is 0 Å². The van der Waals surface area contributed by atoms with Crippen molar-refractivity contribution in [3.63, 3.8) is 0 Å². The topological polar surface area (TPSA) is 30.5 Å². The Morgan fingerprint density at radius 1 is 1.16 bits per heavy atom. The van der Waals surface area contributed by atoms with E-state index in [1.807, 2.05) is 0 Å². The number of hydrogen-bond acceptors (Lipinski definition) is 3. The van der Waals surface area contributed by atoms with Gasteiger partial charge in [-0.25, -0.2) is 0 Å². The lowest BCUT2D eigenvalue weighted by Gasteiger charge is -2.29. The van der Waals surface area contributed by atoms with Gasteiger partial charge in [-0.1, -0.05) is 26.2 Å². The number of ether oxygens (including phenoxy) is 2. The molecule has 2 fully saturated rings. The fourth-order valence-corrected chi connectivity index (χ4v) is 3.21. The van der Waals surface area contributed by atoms with E-state index >= 15 is 0 Å². The van der Waals surface area contributed by atoms with E-state index < -0.39 is 0 Å². The van der Waals surface area contributed by atoms with Crippen LogP contribution in [0.1, 0.15) is 64.7 Å². The molecular weight excluding hydrogens is 238 g/mol. The van der Waals surface area contributed by atoms with Gasteiger partial charge in [0.05, 0.1) is 12.2 Å². The second-order valence-electron chi connectivity index (χ2n) is 6.06. The fraction of sp³-hybridized carbons (Fsp3) is 1.00. The smallest absolute Gasteiger partial charge is 0.0587 e. The lowest BCUT2D eigenvalue weighted by atomic mass is 9.98. The molecule has 0 aromatic carbocycles. The maximum atomic E-state index is 5.95. The SMILES string of the molecule is CCC1CC(NCCCOC2CCCCC2)CCO1. The van der Waals surface area contributed by atoms with Gasteiger partial charge in [0, 0.05) is 19.3 Å². The quantitative estimate of drug-likeness (QED) is 0.720. The Bertz CT molecular complexity index is 229. The van der Waals surface area contributed by atoms with Gasteiger partial charge in [-0.15, -0.1) is 0 Å². The average molecular weight is 269 g/mol. The van der Waals surface area contributed by atoms with Gasteiger partial charge in [-0.3, -0.25) is 0 Å². The van der Waals surface area contributed by atoms with Crippen LogP contribution in [-0.4, -0.2) is 38.0 Å². The molecule has 0 aromatic rings. The molecule has 19 heavy (non-hydrogen) atoms. The van der Waals surface area contributed by atoms with E-state index in [1.165, 1.54) is 44.9 Å². The lowest BCUT2D eigenvalue weighted by molar-refractivity contribution is -0.00144. The normalized spacial score (nSPS) is 29.5. The van der Waals surface area contributed by atoms with E-state index in [-0.39, 0.29) is 0 Å². The summed E-state index contributed by atoms with van der Waals surface area (Å²) < 4.78 is 11.6. The van der Waals surface area contributed by atoms with E-state index in [0.717, 1.165) is 32.6 Å². The average Bonchev–Trinajstić information content (AvgIpc) is 2.48. The summed E-state index contributed by atoms with van der Waals surface area (Å²) in [6.07, 6.45) is 12.4. The lowest BCUT2D eigenvalue weighted by Crippen LogP contribution is -2.39.